The van der Waals surface area contributed by atoms with Gasteiger partial charge in [-0.05, 0) is 56.6 Å². The van der Waals surface area contributed by atoms with Crippen LogP contribution in [0.25, 0.3) is 28.3 Å². The van der Waals surface area contributed by atoms with Gasteiger partial charge >= 0.3 is 0 Å². The van der Waals surface area contributed by atoms with Crippen molar-refractivity contribution in [2.75, 3.05) is 5.73 Å². The van der Waals surface area contributed by atoms with E-state index in [4.69, 9.17) is 10.7 Å². The van der Waals surface area contributed by atoms with Gasteiger partial charge in [-0.1, -0.05) is 6.07 Å². The number of aromatic nitrogens is 7. The number of nitrogen functional groups attached to an aromatic ring is 1. The molecule has 0 unspecified atom stereocenters. The lowest BCUT2D eigenvalue weighted by atomic mass is 9.84. The van der Waals surface area contributed by atoms with Crippen LogP contribution in [0.4, 0.5) is 5.82 Å². The number of nitrogens with zero attached hydrogens (tertiary/aromatic N) is 6. The molecular formula is C29H29N9O. The molecule has 3 atom stereocenters. The summed E-state index contributed by atoms with van der Waals surface area (Å²) in [6, 6.07) is 6.30. The van der Waals surface area contributed by atoms with Crippen LogP contribution in [-0.2, 0) is 0 Å². The van der Waals surface area contributed by atoms with Crippen molar-refractivity contribution in [1.29, 1.82) is 0 Å². The van der Waals surface area contributed by atoms with Gasteiger partial charge in [0.25, 0.3) is 5.91 Å². The molecule has 1 saturated carbocycles. The van der Waals surface area contributed by atoms with Gasteiger partial charge in [0.2, 0.25) is 0 Å². The minimum atomic E-state index is 0.135. The van der Waals surface area contributed by atoms with Crippen LogP contribution in [0.15, 0.2) is 55.4 Å². The second kappa shape index (κ2) is 8.52. The highest BCUT2D eigenvalue weighted by atomic mass is 16.2. The fraction of sp³-hybridized carbons (Fsp3) is 0.345. The summed E-state index contributed by atoms with van der Waals surface area (Å²) < 4.78 is 1.80. The minimum Gasteiger partial charge on any atom is -0.383 e. The van der Waals surface area contributed by atoms with Crippen LogP contribution in [0.5, 0.6) is 0 Å². The maximum Gasteiger partial charge on any atom is 0.255 e. The van der Waals surface area contributed by atoms with Crippen molar-refractivity contribution in [2.24, 2.45) is 0 Å². The number of imidazole rings is 1. The fourth-order valence-electron chi connectivity index (χ4n) is 6.79. The first-order valence-corrected chi connectivity index (χ1v) is 13.7. The molecule has 196 valence electrons. The van der Waals surface area contributed by atoms with Crippen molar-refractivity contribution in [2.45, 2.75) is 62.4 Å². The molecule has 0 spiro atoms. The van der Waals surface area contributed by atoms with Crippen LogP contribution in [-0.4, -0.2) is 57.4 Å². The summed E-state index contributed by atoms with van der Waals surface area (Å²) in [6.45, 7) is 0. The molecule has 10 heteroatoms. The van der Waals surface area contributed by atoms with Gasteiger partial charge in [0, 0.05) is 65.7 Å². The van der Waals surface area contributed by atoms with Gasteiger partial charge in [-0.15, -0.1) is 0 Å². The molecular weight excluding hydrogens is 490 g/mol. The molecule has 8 rings (SSSR count). The third-order valence-corrected chi connectivity index (χ3v) is 8.75. The number of carbonyl (C=O) groups is 1. The first-order valence-electron chi connectivity index (χ1n) is 13.7. The van der Waals surface area contributed by atoms with E-state index in [1.165, 1.54) is 5.56 Å². The van der Waals surface area contributed by atoms with E-state index in [1.807, 2.05) is 36.8 Å². The number of hydrogen-bond acceptors (Lipinski definition) is 6. The van der Waals surface area contributed by atoms with Crippen LogP contribution < -0.4 is 5.73 Å². The number of nitrogens with two attached hydrogens (primary N) is 1. The summed E-state index contributed by atoms with van der Waals surface area (Å²) in [5.74, 6) is 2.27. The van der Waals surface area contributed by atoms with Crippen LogP contribution in [0, 0.1) is 0 Å². The predicted molar refractivity (Wildman–Crippen MR) is 146 cm³/mol. The molecule has 3 aliphatic rings. The summed E-state index contributed by atoms with van der Waals surface area (Å²) >= 11 is 0. The van der Waals surface area contributed by atoms with E-state index in [-0.39, 0.29) is 23.9 Å². The number of carbonyl (C=O) groups excluding carboxylic acids is 1. The van der Waals surface area contributed by atoms with Gasteiger partial charge in [-0.2, -0.15) is 9.61 Å². The topological polar surface area (TPSA) is 134 Å². The molecule has 0 aromatic carbocycles. The molecule has 2 bridgehead atoms. The third kappa shape index (κ3) is 3.58. The van der Waals surface area contributed by atoms with E-state index < -0.39 is 0 Å². The van der Waals surface area contributed by atoms with Gasteiger partial charge in [-0.3, -0.25) is 9.78 Å². The molecule has 1 aliphatic carbocycles. The van der Waals surface area contributed by atoms with Crippen molar-refractivity contribution < 1.29 is 4.79 Å². The minimum absolute atomic E-state index is 0.135. The largest absolute Gasteiger partial charge is 0.383 e. The number of H-pyrrole nitrogens is 2. The highest BCUT2D eigenvalue weighted by Crippen LogP contribution is 2.50. The number of rotatable bonds is 5. The Labute approximate surface area is 224 Å². The standard InChI is InChI=1S/C29H29N9O/c30-26-24(16-1-2-16)25(19-11-20-4-5-21(12-19)37(20)29(39)18-7-8-31-13-18)36-28-22(15-35-38(26)28)17-3-6-23(34-14-17)27-32-9-10-33-27/h3,6-10,13-16,19-21,31H,1-2,4-5,11-12,30H2,(H,32,33)/t19-,20-,21+. The lowest BCUT2D eigenvalue weighted by Crippen LogP contribution is -2.46. The lowest BCUT2D eigenvalue weighted by Gasteiger charge is -2.39. The van der Waals surface area contributed by atoms with Crippen molar-refractivity contribution in [1.82, 2.24) is 39.4 Å². The summed E-state index contributed by atoms with van der Waals surface area (Å²) in [5.41, 5.74) is 13.2. The van der Waals surface area contributed by atoms with Gasteiger partial charge in [0.05, 0.1) is 17.5 Å². The molecule has 3 fully saturated rings. The molecule has 7 heterocycles. The molecule has 39 heavy (non-hydrogen) atoms. The number of anilines is 1. The van der Waals surface area contributed by atoms with E-state index in [2.05, 4.69) is 29.9 Å². The Kier molecular flexibility index (Phi) is 4.92. The van der Waals surface area contributed by atoms with E-state index in [9.17, 15) is 4.79 Å². The summed E-state index contributed by atoms with van der Waals surface area (Å²) in [6.07, 6.45) is 17.0. The Morgan fingerprint density at radius 2 is 1.82 bits per heavy atom. The number of fused-ring (bicyclic) bond motifs is 3. The second-order valence-electron chi connectivity index (χ2n) is 11.1. The molecule has 5 aromatic rings. The van der Waals surface area contributed by atoms with Gasteiger partial charge in [-0.25, -0.2) is 9.97 Å². The quantitative estimate of drug-likeness (QED) is 0.313. The van der Waals surface area contributed by atoms with Crippen molar-refractivity contribution >= 4 is 17.4 Å². The summed E-state index contributed by atoms with van der Waals surface area (Å²) in [4.78, 5) is 35.8. The number of hydrogen-bond donors (Lipinski definition) is 3. The lowest BCUT2D eigenvalue weighted by molar-refractivity contribution is 0.0569. The van der Waals surface area contributed by atoms with Crippen LogP contribution in [0.2, 0.25) is 0 Å². The maximum atomic E-state index is 13.3. The first kappa shape index (κ1) is 22.5. The van der Waals surface area contributed by atoms with E-state index in [0.717, 1.165) is 78.1 Å². The van der Waals surface area contributed by atoms with E-state index >= 15 is 0 Å². The molecule has 2 aliphatic heterocycles. The van der Waals surface area contributed by atoms with E-state index in [0.29, 0.717) is 11.7 Å². The average molecular weight is 520 g/mol. The summed E-state index contributed by atoms with van der Waals surface area (Å²) in [5, 5.41) is 4.66. The average Bonchev–Trinajstić information content (AvgIpc) is 3.37. The zero-order valence-electron chi connectivity index (χ0n) is 21.4. The Morgan fingerprint density at radius 3 is 2.49 bits per heavy atom. The predicted octanol–water partition coefficient (Wildman–Crippen LogP) is 4.52. The van der Waals surface area contributed by atoms with Gasteiger partial charge < -0.3 is 20.6 Å². The Hall–Kier alpha value is -4.47. The summed E-state index contributed by atoms with van der Waals surface area (Å²) in [7, 11) is 0. The van der Waals surface area contributed by atoms with Gasteiger partial charge in [0.15, 0.2) is 11.5 Å². The molecule has 10 nitrogen and oxygen atoms in total. The smallest absolute Gasteiger partial charge is 0.255 e. The Bertz CT molecular complexity index is 1650. The number of amides is 1. The molecule has 4 N–H and O–H groups in total. The highest BCUT2D eigenvalue weighted by molar-refractivity contribution is 5.94. The third-order valence-electron chi connectivity index (χ3n) is 8.75. The fourth-order valence-corrected chi connectivity index (χ4v) is 6.79. The SMILES string of the molecule is Nc1c(C2CC2)c([C@@H]2C[C@H]3CC[C@@H](C2)N3C(=O)c2cc[nH]c2)nc2c(-c3ccc(-c4ncc[nH]4)nc3)cnn12. The van der Waals surface area contributed by atoms with Crippen LogP contribution in [0.3, 0.4) is 0 Å². The molecule has 1 amide bonds. The molecule has 2 saturated heterocycles. The number of aromatic amines is 2. The number of nitrogens with one attached hydrogen (secondary N) is 2. The Morgan fingerprint density at radius 1 is 0.974 bits per heavy atom. The van der Waals surface area contributed by atoms with Crippen molar-refractivity contribution in [3.05, 3.63) is 72.2 Å². The maximum absolute atomic E-state index is 13.3. The van der Waals surface area contributed by atoms with E-state index in [1.54, 1.807) is 23.1 Å². The number of pyridine rings is 1. The second-order valence-corrected chi connectivity index (χ2v) is 11.1. The van der Waals surface area contributed by atoms with Crippen molar-refractivity contribution in [3.63, 3.8) is 0 Å². The number of piperidine rings is 1. The van der Waals surface area contributed by atoms with Crippen LogP contribution >= 0.6 is 0 Å². The normalized spacial score (nSPS) is 22.6. The zero-order valence-corrected chi connectivity index (χ0v) is 21.4. The van der Waals surface area contributed by atoms with Crippen molar-refractivity contribution in [3.8, 4) is 22.6 Å². The van der Waals surface area contributed by atoms with Crippen LogP contribution in [0.1, 0.15) is 72.0 Å². The molecule has 5 aromatic heterocycles. The Balaban J connectivity index is 1.17. The highest BCUT2D eigenvalue weighted by Gasteiger charge is 2.46. The molecule has 0 radical (unpaired) electrons. The zero-order chi connectivity index (χ0) is 26.1. The van der Waals surface area contributed by atoms with Gasteiger partial charge in [0.1, 0.15) is 11.5 Å². The monoisotopic (exact) mass is 519 g/mol. The first-order chi connectivity index (χ1) is 19.2.